The van der Waals surface area contributed by atoms with E-state index < -0.39 is 0 Å². The van der Waals surface area contributed by atoms with Crippen LogP contribution in [-0.4, -0.2) is 41.7 Å². The fourth-order valence-electron chi connectivity index (χ4n) is 3.28. The van der Waals surface area contributed by atoms with Crippen molar-refractivity contribution in [1.29, 1.82) is 0 Å². The number of hydrogen-bond donors (Lipinski definition) is 1. The van der Waals surface area contributed by atoms with E-state index in [0.29, 0.717) is 6.61 Å². The number of ether oxygens (including phenoxy) is 1. The lowest BCUT2D eigenvalue weighted by Gasteiger charge is -2.38. The lowest BCUT2D eigenvalue weighted by Crippen LogP contribution is -2.48. The van der Waals surface area contributed by atoms with Crippen LogP contribution in [0, 0.1) is 0 Å². The van der Waals surface area contributed by atoms with Gasteiger partial charge >= 0.3 is 0 Å². The van der Waals surface area contributed by atoms with Gasteiger partial charge in [0.15, 0.2) is 0 Å². The maximum atomic E-state index is 12.8. The summed E-state index contributed by atoms with van der Waals surface area (Å²) in [7, 11) is 0. The second-order valence-electron chi connectivity index (χ2n) is 5.59. The fourth-order valence-corrected chi connectivity index (χ4v) is 3.28. The van der Waals surface area contributed by atoms with Gasteiger partial charge in [-0.25, -0.2) is 0 Å². The standard InChI is InChI=1S/C16H21NO3/c18-11-12-5-3-4-9-17(12)16(19)14-8-10-20-15-7-2-1-6-13(14)15/h1-2,6-7,12,14,18H,3-5,8-11H2. The predicted octanol–water partition coefficient (Wildman–Crippen LogP) is 1.93. The van der Waals surface area contributed by atoms with Crippen LogP contribution in [0.5, 0.6) is 5.75 Å². The normalized spacial score (nSPS) is 25.8. The van der Waals surface area contributed by atoms with Gasteiger partial charge in [-0.15, -0.1) is 0 Å². The Labute approximate surface area is 119 Å². The highest BCUT2D eigenvalue weighted by molar-refractivity contribution is 5.85. The van der Waals surface area contributed by atoms with Crippen molar-refractivity contribution in [3.63, 3.8) is 0 Å². The molecule has 0 saturated carbocycles. The number of aliphatic hydroxyl groups is 1. The Morgan fingerprint density at radius 2 is 2.15 bits per heavy atom. The molecule has 3 rings (SSSR count). The molecule has 1 aromatic rings. The van der Waals surface area contributed by atoms with Crippen LogP contribution in [0.2, 0.25) is 0 Å². The minimum Gasteiger partial charge on any atom is -0.493 e. The van der Waals surface area contributed by atoms with Crippen LogP contribution in [0.3, 0.4) is 0 Å². The smallest absolute Gasteiger partial charge is 0.230 e. The monoisotopic (exact) mass is 275 g/mol. The predicted molar refractivity (Wildman–Crippen MR) is 75.7 cm³/mol. The average Bonchev–Trinajstić information content (AvgIpc) is 2.53. The number of fused-ring (bicyclic) bond motifs is 1. The molecule has 4 nitrogen and oxygen atoms in total. The largest absolute Gasteiger partial charge is 0.493 e. The van der Waals surface area contributed by atoms with E-state index in [-0.39, 0.29) is 24.5 Å². The second-order valence-corrected chi connectivity index (χ2v) is 5.59. The van der Waals surface area contributed by atoms with Crippen LogP contribution in [0.1, 0.15) is 37.2 Å². The first kappa shape index (κ1) is 13.4. The number of aliphatic hydroxyl groups excluding tert-OH is 1. The van der Waals surface area contributed by atoms with Gasteiger partial charge in [0.1, 0.15) is 5.75 Å². The van der Waals surface area contributed by atoms with Gasteiger partial charge in [-0.2, -0.15) is 0 Å². The number of para-hydroxylation sites is 1. The molecule has 1 amide bonds. The molecule has 0 spiro atoms. The highest BCUT2D eigenvalue weighted by atomic mass is 16.5. The molecular weight excluding hydrogens is 254 g/mol. The van der Waals surface area contributed by atoms with E-state index in [9.17, 15) is 9.90 Å². The number of hydrogen-bond acceptors (Lipinski definition) is 3. The Morgan fingerprint density at radius 3 is 3.00 bits per heavy atom. The number of piperidine rings is 1. The van der Waals surface area contributed by atoms with E-state index in [2.05, 4.69) is 0 Å². The van der Waals surface area contributed by atoms with E-state index in [1.165, 1.54) is 0 Å². The maximum Gasteiger partial charge on any atom is 0.230 e. The highest BCUT2D eigenvalue weighted by Gasteiger charge is 2.34. The topological polar surface area (TPSA) is 49.8 Å². The van der Waals surface area contributed by atoms with Crippen LogP contribution in [0.25, 0.3) is 0 Å². The van der Waals surface area contributed by atoms with Crippen molar-refractivity contribution in [2.45, 2.75) is 37.6 Å². The molecule has 1 saturated heterocycles. The molecule has 0 bridgehead atoms. The average molecular weight is 275 g/mol. The van der Waals surface area contributed by atoms with Crippen LogP contribution < -0.4 is 4.74 Å². The molecule has 0 aromatic heterocycles. The number of carbonyl (C=O) groups is 1. The number of likely N-dealkylation sites (tertiary alicyclic amines) is 1. The summed E-state index contributed by atoms with van der Waals surface area (Å²) in [5.41, 5.74) is 0.992. The maximum absolute atomic E-state index is 12.8. The first-order chi connectivity index (χ1) is 9.81. The Kier molecular flexibility index (Phi) is 3.92. The fraction of sp³-hybridized carbons (Fsp3) is 0.562. The SMILES string of the molecule is O=C(C1CCOc2ccccc21)N1CCCCC1CO. The molecule has 2 aliphatic heterocycles. The van der Waals surface area contributed by atoms with E-state index in [0.717, 1.165) is 43.5 Å². The van der Waals surface area contributed by atoms with E-state index in [1.807, 2.05) is 29.2 Å². The van der Waals surface area contributed by atoms with E-state index in [4.69, 9.17) is 4.74 Å². The van der Waals surface area contributed by atoms with Crippen molar-refractivity contribution < 1.29 is 14.6 Å². The van der Waals surface area contributed by atoms with Gasteiger partial charge in [-0.05, 0) is 31.7 Å². The third-order valence-electron chi connectivity index (χ3n) is 4.38. The Hall–Kier alpha value is -1.55. The first-order valence-electron chi connectivity index (χ1n) is 7.44. The Balaban J connectivity index is 1.84. The van der Waals surface area contributed by atoms with Crippen molar-refractivity contribution >= 4 is 5.91 Å². The second kappa shape index (κ2) is 5.83. The van der Waals surface area contributed by atoms with Crippen molar-refractivity contribution in [2.24, 2.45) is 0 Å². The van der Waals surface area contributed by atoms with Gasteiger partial charge in [0.2, 0.25) is 5.91 Å². The molecule has 4 heteroatoms. The van der Waals surface area contributed by atoms with E-state index >= 15 is 0 Å². The molecule has 2 unspecified atom stereocenters. The van der Waals surface area contributed by atoms with Crippen molar-refractivity contribution in [2.75, 3.05) is 19.8 Å². The quantitative estimate of drug-likeness (QED) is 0.897. The van der Waals surface area contributed by atoms with Gasteiger partial charge in [0, 0.05) is 12.1 Å². The highest BCUT2D eigenvalue weighted by Crippen LogP contribution is 2.35. The zero-order chi connectivity index (χ0) is 13.9. The summed E-state index contributed by atoms with van der Waals surface area (Å²) in [6, 6.07) is 7.78. The Morgan fingerprint density at radius 1 is 1.30 bits per heavy atom. The molecule has 2 aliphatic rings. The minimum absolute atomic E-state index is 0.00810. The number of benzene rings is 1. The number of nitrogens with zero attached hydrogens (tertiary/aromatic N) is 1. The molecule has 2 heterocycles. The van der Waals surface area contributed by atoms with Gasteiger partial charge < -0.3 is 14.7 Å². The first-order valence-corrected chi connectivity index (χ1v) is 7.44. The third-order valence-corrected chi connectivity index (χ3v) is 4.38. The minimum atomic E-state index is -0.118. The Bertz CT molecular complexity index is 488. The third kappa shape index (κ3) is 2.40. The molecule has 0 aliphatic carbocycles. The van der Waals surface area contributed by atoms with Crippen LogP contribution in [-0.2, 0) is 4.79 Å². The van der Waals surface area contributed by atoms with Crippen LogP contribution >= 0.6 is 0 Å². The summed E-state index contributed by atoms with van der Waals surface area (Å²) in [5, 5.41) is 9.49. The summed E-state index contributed by atoms with van der Waals surface area (Å²) in [5.74, 6) is 0.862. The van der Waals surface area contributed by atoms with Gasteiger partial charge in [-0.1, -0.05) is 18.2 Å². The molecule has 2 atom stereocenters. The molecule has 1 fully saturated rings. The molecule has 1 N–H and O–H groups in total. The zero-order valence-electron chi connectivity index (χ0n) is 11.6. The molecule has 0 radical (unpaired) electrons. The number of carbonyl (C=O) groups excluding carboxylic acids is 1. The van der Waals surface area contributed by atoms with E-state index in [1.54, 1.807) is 0 Å². The van der Waals surface area contributed by atoms with Crippen molar-refractivity contribution in [3.8, 4) is 5.75 Å². The van der Waals surface area contributed by atoms with Crippen LogP contribution in [0.15, 0.2) is 24.3 Å². The molecule has 108 valence electrons. The van der Waals surface area contributed by atoms with Crippen molar-refractivity contribution in [3.05, 3.63) is 29.8 Å². The summed E-state index contributed by atoms with van der Waals surface area (Å²) in [6.07, 6.45) is 3.77. The van der Waals surface area contributed by atoms with Crippen LogP contribution in [0.4, 0.5) is 0 Å². The lowest BCUT2D eigenvalue weighted by molar-refractivity contribution is -0.138. The van der Waals surface area contributed by atoms with Crippen molar-refractivity contribution in [1.82, 2.24) is 4.90 Å². The summed E-state index contributed by atoms with van der Waals surface area (Å²) >= 11 is 0. The van der Waals surface area contributed by atoms with Gasteiger partial charge in [0.05, 0.1) is 25.2 Å². The number of amides is 1. The molecular formula is C16H21NO3. The summed E-state index contributed by atoms with van der Waals surface area (Å²) in [4.78, 5) is 14.7. The summed E-state index contributed by atoms with van der Waals surface area (Å²) in [6.45, 7) is 1.42. The molecule has 20 heavy (non-hydrogen) atoms. The van der Waals surface area contributed by atoms with Gasteiger partial charge in [-0.3, -0.25) is 4.79 Å². The van der Waals surface area contributed by atoms with Gasteiger partial charge in [0.25, 0.3) is 0 Å². The lowest BCUT2D eigenvalue weighted by atomic mass is 9.90. The number of rotatable bonds is 2. The summed E-state index contributed by atoms with van der Waals surface area (Å²) < 4.78 is 5.62. The molecule has 1 aromatic carbocycles. The zero-order valence-corrected chi connectivity index (χ0v) is 11.6.